The fourth-order valence-corrected chi connectivity index (χ4v) is 2.78. The molecule has 0 spiro atoms. The number of benzene rings is 1. The Morgan fingerprint density at radius 3 is 2.74 bits per heavy atom. The number of nitrogens with one attached hydrogen (secondary N) is 1. The van der Waals surface area contributed by atoms with Gasteiger partial charge in [0.05, 0.1) is 6.61 Å². The zero-order valence-corrected chi connectivity index (χ0v) is 12.2. The number of nitrogens with zero attached hydrogens (tertiary/aromatic N) is 1. The second kappa shape index (κ2) is 7.63. The zero-order chi connectivity index (χ0) is 13.5. The topological polar surface area (TPSA) is 24.5 Å². The molecular weight excluding hydrogens is 236 g/mol. The molecule has 1 aliphatic rings. The van der Waals surface area contributed by atoms with E-state index in [0.29, 0.717) is 12.6 Å². The highest BCUT2D eigenvalue weighted by Crippen LogP contribution is 2.14. The summed E-state index contributed by atoms with van der Waals surface area (Å²) in [6.45, 7) is 7.40. The van der Waals surface area contributed by atoms with Gasteiger partial charge < -0.3 is 10.1 Å². The third kappa shape index (κ3) is 4.30. The number of rotatable bonds is 7. The van der Waals surface area contributed by atoms with Crippen LogP contribution >= 0.6 is 0 Å². The molecule has 1 heterocycles. The van der Waals surface area contributed by atoms with E-state index in [1.54, 1.807) is 7.11 Å². The summed E-state index contributed by atoms with van der Waals surface area (Å²) in [6, 6.07) is 9.28. The van der Waals surface area contributed by atoms with Crippen LogP contribution in [0, 0.1) is 0 Å². The molecule has 0 bridgehead atoms. The molecule has 106 valence electrons. The van der Waals surface area contributed by atoms with Crippen molar-refractivity contribution >= 4 is 0 Å². The van der Waals surface area contributed by atoms with Crippen molar-refractivity contribution in [3.8, 4) is 0 Å². The molecule has 1 aromatic carbocycles. The second-order valence-corrected chi connectivity index (χ2v) is 5.32. The lowest BCUT2D eigenvalue weighted by atomic mass is 10.1. The number of hydrogen-bond acceptors (Lipinski definition) is 3. The van der Waals surface area contributed by atoms with Crippen LogP contribution in [0.3, 0.4) is 0 Å². The molecule has 1 aliphatic heterocycles. The van der Waals surface area contributed by atoms with Crippen LogP contribution < -0.4 is 5.32 Å². The first kappa shape index (κ1) is 14.5. The van der Waals surface area contributed by atoms with E-state index in [1.165, 1.54) is 30.5 Å². The highest BCUT2D eigenvalue weighted by molar-refractivity contribution is 5.26. The lowest BCUT2D eigenvalue weighted by molar-refractivity contribution is 0.182. The van der Waals surface area contributed by atoms with Crippen molar-refractivity contribution < 1.29 is 4.74 Å². The normalized spacial score (nSPS) is 19.2. The Morgan fingerprint density at radius 1 is 1.32 bits per heavy atom. The van der Waals surface area contributed by atoms with E-state index in [1.807, 2.05) is 0 Å². The molecule has 0 aliphatic carbocycles. The van der Waals surface area contributed by atoms with Gasteiger partial charge in [-0.05, 0) is 37.1 Å². The van der Waals surface area contributed by atoms with Gasteiger partial charge in [-0.15, -0.1) is 0 Å². The monoisotopic (exact) mass is 262 g/mol. The third-order valence-electron chi connectivity index (χ3n) is 3.90. The van der Waals surface area contributed by atoms with Crippen molar-refractivity contribution in [2.75, 3.05) is 26.7 Å². The molecule has 0 aromatic heterocycles. The van der Waals surface area contributed by atoms with E-state index in [-0.39, 0.29) is 0 Å². The fraction of sp³-hybridized carbons (Fsp3) is 0.625. The Bertz CT molecular complexity index is 375. The van der Waals surface area contributed by atoms with Crippen LogP contribution in [0.4, 0.5) is 0 Å². The molecule has 3 heteroatoms. The lowest BCUT2D eigenvalue weighted by Crippen LogP contribution is -2.37. The molecule has 19 heavy (non-hydrogen) atoms. The van der Waals surface area contributed by atoms with E-state index in [9.17, 15) is 0 Å². The summed E-state index contributed by atoms with van der Waals surface area (Å²) in [7, 11) is 1.76. The van der Waals surface area contributed by atoms with Crippen molar-refractivity contribution in [3.05, 3.63) is 35.4 Å². The van der Waals surface area contributed by atoms with Crippen molar-refractivity contribution in [2.45, 2.75) is 39.0 Å². The fourth-order valence-electron chi connectivity index (χ4n) is 2.78. The minimum Gasteiger partial charge on any atom is -0.380 e. The molecular formula is C16H26N2O. The summed E-state index contributed by atoms with van der Waals surface area (Å²) in [5, 5.41) is 3.58. The summed E-state index contributed by atoms with van der Waals surface area (Å²) in [6.07, 6.45) is 2.64. The van der Waals surface area contributed by atoms with E-state index < -0.39 is 0 Å². The Labute approximate surface area is 116 Å². The molecule has 3 nitrogen and oxygen atoms in total. The molecule has 1 unspecified atom stereocenters. The van der Waals surface area contributed by atoms with Crippen LogP contribution in [0.1, 0.15) is 30.9 Å². The van der Waals surface area contributed by atoms with Gasteiger partial charge in [0.25, 0.3) is 0 Å². The molecule has 1 aromatic rings. The number of likely N-dealkylation sites (N-methyl/N-ethyl adjacent to an activating group) is 1. The smallest absolute Gasteiger partial charge is 0.0716 e. The van der Waals surface area contributed by atoms with Gasteiger partial charge in [-0.25, -0.2) is 0 Å². The summed E-state index contributed by atoms with van der Waals surface area (Å²) in [5.41, 5.74) is 2.70. The SMILES string of the molecule is CCN(Cc1ccccc1COC)CC1CCCN1. The van der Waals surface area contributed by atoms with Gasteiger partial charge in [0.2, 0.25) is 0 Å². The molecule has 0 radical (unpaired) electrons. The van der Waals surface area contributed by atoms with Crippen LogP contribution in [0.2, 0.25) is 0 Å². The van der Waals surface area contributed by atoms with Gasteiger partial charge in [-0.3, -0.25) is 4.90 Å². The Hall–Kier alpha value is -0.900. The molecule has 1 saturated heterocycles. The molecule has 1 N–H and O–H groups in total. The van der Waals surface area contributed by atoms with Crippen LogP contribution in [0.25, 0.3) is 0 Å². The molecule has 1 atom stereocenters. The maximum Gasteiger partial charge on any atom is 0.0716 e. The highest BCUT2D eigenvalue weighted by atomic mass is 16.5. The molecule has 0 amide bonds. The predicted molar refractivity (Wildman–Crippen MR) is 79.1 cm³/mol. The van der Waals surface area contributed by atoms with Crippen LogP contribution in [-0.2, 0) is 17.9 Å². The van der Waals surface area contributed by atoms with Crippen molar-refractivity contribution in [1.29, 1.82) is 0 Å². The lowest BCUT2D eigenvalue weighted by Gasteiger charge is -2.25. The third-order valence-corrected chi connectivity index (χ3v) is 3.90. The number of methoxy groups -OCH3 is 1. The highest BCUT2D eigenvalue weighted by Gasteiger charge is 2.17. The first-order valence-electron chi connectivity index (χ1n) is 7.35. The van der Waals surface area contributed by atoms with Crippen LogP contribution in [0.15, 0.2) is 24.3 Å². The summed E-state index contributed by atoms with van der Waals surface area (Å²) in [4.78, 5) is 2.53. The second-order valence-electron chi connectivity index (χ2n) is 5.32. The van der Waals surface area contributed by atoms with E-state index in [4.69, 9.17) is 4.74 Å². The van der Waals surface area contributed by atoms with Crippen LogP contribution in [-0.4, -0.2) is 37.7 Å². The molecule has 0 saturated carbocycles. The standard InChI is InChI=1S/C16H26N2O/c1-3-18(12-16-9-6-10-17-16)11-14-7-4-5-8-15(14)13-19-2/h4-5,7-8,16-17H,3,6,9-13H2,1-2H3. The largest absolute Gasteiger partial charge is 0.380 e. The van der Waals surface area contributed by atoms with Gasteiger partial charge in [-0.2, -0.15) is 0 Å². The van der Waals surface area contributed by atoms with Gasteiger partial charge in [0.15, 0.2) is 0 Å². The average Bonchev–Trinajstić information content (AvgIpc) is 2.93. The maximum atomic E-state index is 5.29. The van der Waals surface area contributed by atoms with Gasteiger partial charge in [0, 0.05) is 26.2 Å². The number of hydrogen-bond donors (Lipinski definition) is 1. The summed E-state index contributed by atoms with van der Waals surface area (Å²) in [5.74, 6) is 0. The Kier molecular flexibility index (Phi) is 5.83. The minimum absolute atomic E-state index is 0.675. The quantitative estimate of drug-likeness (QED) is 0.816. The van der Waals surface area contributed by atoms with E-state index in [0.717, 1.165) is 19.6 Å². The zero-order valence-electron chi connectivity index (χ0n) is 12.2. The maximum absolute atomic E-state index is 5.29. The molecule has 2 rings (SSSR count). The summed E-state index contributed by atoms with van der Waals surface area (Å²) < 4.78 is 5.29. The van der Waals surface area contributed by atoms with E-state index >= 15 is 0 Å². The molecule has 1 fully saturated rings. The van der Waals surface area contributed by atoms with Gasteiger partial charge >= 0.3 is 0 Å². The number of ether oxygens (including phenoxy) is 1. The average molecular weight is 262 g/mol. The van der Waals surface area contributed by atoms with Crippen molar-refractivity contribution in [1.82, 2.24) is 10.2 Å². The summed E-state index contributed by atoms with van der Waals surface area (Å²) >= 11 is 0. The van der Waals surface area contributed by atoms with Crippen LogP contribution in [0.5, 0.6) is 0 Å². The Morgan fingerprint density at radius 2 is 2.11 bits per heavy atom. The van der Waals surface area contributed by atoms with Gasteiger partial charge in [-0.1, -0.05) is 31.2 Å². The Balaban J connectivity index is 1.96. The van der Waals surface area contributed by atoms with E-state index in [2.05, 4.69) is 41.4 Å². The first-order chi connectivity index (χ1) is 9.33. The first-order valence-corrected chi connectivity index (χ1v) is 7.35. The van der Waals surface area contributed by atoms with Gasteiger partial charge in [0.1, 0.15) is 0 Å². The van der Waals surface area contributed by atoms with Crippen molar-refractivity contribution in [2.24, 2.45) is 0 Å². The predicted octanol–water partition coefficient (Wildman–Crippen LogP) is 2.41. The van der Waals surface area contributed by atoms with Crippen molar-refractivity contribution in [3.63, 3.8) is 0 Å². The minimum atomic E-state index is 0.675.